The molecule has 3 aromatic carbocycles. The summed E-state index contributed by atoms with van der Waals surface area (Å²) in [4.78, 5) is 16.8. The van der Waals surface area contributed by atoms with Gasteiger partial charge in [0.05, 0.1) is 0 Å². The maximum Gasteiger partial charge on any atom is 0.310 e. The lowest BCUT2D eigenvalue weighted by molar-refractivity contribution is -0.109. The van der Waals surface area contributed by atoms with Gasteiger partial charge in [-0.2, -0.15) is 0 Å². The van der Waals surface area contributed by atoms with Crippen LogP contribution < -0.4 is 4.74 Å². The number of aromatic nitrogens is 1. The summed E-state index contributed by atoms with van der Waals surface area (Å²) >= 11 is 0. The number of oxazole rings is 1. The monoisotopic (exact) mass is 407 g/mol. The Hall–Kier alpha value is -4.38. The van der Waals surface area contributed by atoms with Crippen LogP contribution in [-0.4, -0.2) is 15.9 Å². The van der Waals surface area contributed by atoms with E-state index in [1.807, 2.05) is 54.6 Å². The van der Waals surface area contributed by atoms with Gasteiger partial charge in [0.25, 0.3) is 0 Å². The van der Waals surface area contributed by atoms with Gasteiger partial charge in [0.15, 0.2) is 5.78 Å². The van der Waals surface area contributed by atoms with Crippen LogP contribution in [0.5, 0.6) is 17.4 Å². The molecule has 0 fully saturated rings. The minimum atomic E-state index is -0.341. The number of carbonyl (C=O) groups is 1. The SMILES string of the molecule is O=C1C=Cc2ccccc2/C1=C/c1nc(-c2ccc(Oc3ccccc3)cc2)oc1O. The Morgan fingerprint density at radius 2 is 1.55 bits per heavy atom. The van der Waals surface area contributed by atoms with E-state index >= 15 is 0 Å². The number of allylic oxidation sites excluding steroid dienone is 2. The molecule has 0 saturated carbocycles. The lowest BCUT2D eigenvalue weighted by Crippen LogP contribution is -2.04. The second kappa shape index (κ2) is 7.80. The Labute approximate surface area is 178 Å². The molecule has 1 aromatic heterocycles. The smallest absolute Gasteiger partial charge is 0.310 e. The molecule has 1 aliphatic carbocycles. The summed E-state index contributed by atoms with van der Waals surface area (Å²) in [6.07, 6.45) is 4.85. The van der Waals surface area contributed by atoms with Gasteiger partial charge in [0, 0.05) is 11.1 Å². The lowest BCUT2D eigenvalue weighted by Gasteiger charge is -2.12. The van der Waals surface area contributed by atoms with Gasteiger partial charge >= 0.3 is 5.95 Å². The van der Waals surface area contributed by atoms with Crippen LogP contribution in [-0.2, 0) is 4.79 Å². The predicted octanol–water partition coefficient (Wildman–Crippen LogP) is 5.98. The highest BCUT2D eigenvalue weighted by Gasteiger charge is 2.20. The van der Waals surface area contributed by atoms with Crippen LogP contribution in [0, 0.1) is 0 Å². The molecule has 5 heteroatoms. The summed E-state index contributed by atoms with van der Waals surface area (Å²) in [5.74, 6) is 1.17. The van der Waals surface area contributed by atoms with Gasteiger partial charge in [-0.25, -0.2) is 4.98 Å². The fraction of sp³-hybridized carbons (Fsp3) is 0. The Bertz CT molecular complexity index is 1320. The number of hydrogen-bond acceptors (Lipinski definition) is 5. The first-order chi connectivity index (χ1) is 15.2. The Morgan fingerprint density at radius 1 is 0.839 bits per heavy atom. The fourth-order valence-electron chi connectivity index (χ4n) is 3.39. The van der Waals surface area contributed by atoms with Crippen molar-refractivity contribution in [1.82, 2.24) is 4.98 Å². The topological polar surface area (TPSA) is 72.6 Å². The average Bonchev–Trinajstić information content (AvgIpc) is 3.17. The van der Waals surface area contributed by atoms with Gasteiger partial charge in [0.1, 0.15) is 17.2 Å². The first-order valence-electron chi connectivity index (χ1n) is 9.74. The number of carbonyl (C=O) groups excluding carboxylic acids is 1. The molecule has 5 nitrogen and oxygen atoms in total. The Kier molecular flexibility index (Phi) is 4.69. The van der Waals surface area contributed by atoms with E-state index in [1.165, 1.54) is 6.08 Å². The van der Waals surface area contributed by atoms with Crippen LogP contribution in [0.4, 0.5) is 0 Å². The first kappa shape index (κ1) is 18.6. The van der Waals surface area contributed by atoms with Crippen molar-refractivity contribution in [3.05, 3.63) is 102 Å². The highest BCUT2D eigenvalue weighted by atomic mass is 16.5. The van der Waals surface area contributed by atoms with Crippen LogP contribution in [0.2, 0.25) is 0 Å². The summed E-state index contributed by atoms with van der Waals surface area (Å²) in [7, 11) is 0. The van der Waals surface area contributed by atoms with Crippen molar-refractivity contribution in [2.75, 3.05) is 0 Å². The minimum absolute atomic E-state index is 0.148. The maximum atomic E-state index is 12.4. The maximum absolute atomic E-state index is 12.4. The van der Waals surface area contributed by atoms with E-state index in [4.69, 9.17) is 9.15 Å². The van der Waals surface area contributed by atoms with Crippen molar-refractivity contribution < 1.29 is 19.1 Å². The molecule has 4 aromatic rings. The van der Waals surface area contributed by atoms with Gasteiger partial charge in [-0.05, 0) is 59.7 Å². The zero-order valence-electron chi connectivity index (χ0n) is 16.4. The van der Waals surface area contributed by atoms with E-state index in [0.717, 1.165) is 16.9 Å². The molecular formula is C26H17NO4. The second-order valence-electron chi connectivity index (χ2n) is 6.99. The zero-order valence-corrected chi connectivity index (χ0v) is 16.4. The molecule has 1 heterocycles. The summed E-state index contributed by atoms with van der Waals surface area (Å²) in [5, 5.41) is 10.3. The largest absolute Gasteiger partial charge is 0.479 e. The van der Waals surface area contributed by atoms with Crippen LogP contribution in [0.1, 0.15) is 16.8 Å². The number of aromatic hydroxyl groups is 1. The molecule has 0 radical (unpaired) electrons. The van der Waals surface area contributed by atoms with Gasteiger partial charge < -0.3 is 14.3 Å². The Balaban J connectivity index is 1.43. The van der Waals surface area contributed by atoms with E-state index in [2.05, 4.69) is 4.98 Å². The third-order valence-corrected chi connectivity index (χ3v) is 4.93. The summed E-state index contributed by atoms with van der Waals surface area (Å²) < 4.78 is 11.2. The van der Waals surface area contributed by atoms with Crippen molar-refractivity contribution in [2.24, 2.45) is 0 Å². The van der Waals surface area contributed by atoms with E-state index in [9.17, 15) is 9.90 Å². The summed E-state index contributed by atoms with van der Waals surface area (Å²) in [6.45, 7) is 0. The third kappa shape index (κ3) is 3.76. The molecule has 0 saturated heterocycles. The van der Waals surface area contributed by atoms with E-state index in [1.54, 1.807) is 36.4 Å². The number of rotatable bonds is 4. The number of fused-ring (bicyclic) bond motifs is 1. The minimum Gasteiger partial charge on any atom is -0.479 e. The van der Waals surface area contributed by atoms with Crippen LogP contribution in [0.3, 0.4) is 0 Å². The predicted molar refractivity (Wildman–Crippen MR) is 118 cm³/mol. The number of ether oxygens (including phenoxy) is 1. The molecule has 1 aliphatic rings. The van der Waals surface area contributed by atoms with Gasteiger partial charge in [-0.1, -0.05) is 48.5 Å². The Morgan fingerprint density at radius 3 is 2.35 bits per heavy atom. The zero-order chi connectivity index (χ0) is 21.2. The second-order valence-corrected chi connectivity index (χ2v) is 6.99. The van der Waals surface area contributed by atoms with Gasteiger partial charge in [0.2, 0.25) is 5.89 Å². The normalized spacial score (nSPS) is 13.9. The highest BCUT2D eigenvalue weighted by molar-refractivity contribution is 6.33. The van der Waals surface area contributed by atoms with Crippen molar-refractivity contribution >= 4 is 23.5 Å². The average molecular weight is 407 g/mol. The molecule has 0 amide bonds. The molecule has 31 heavy (non-hydrogen) atoms. The quantitative estimate of drug-likeness (QED) is 0.422. The lowest BCUT2D eigenvalue weighted by atomic mass is 9.91. The fourth-order valence-corrected chi connectivity index (χ4v) is 3.39. The van der Waals surface area contributed by atoms with Gasteiger partial charge in [-0.3, -0.25) is 4.79 Å². The molecule has 0 aliphatic heterocycles. The third-order valence-electron chi connectivity index (χ3n) is 4.93. The van der Waals surface area contributed by atoms with Crippen LogP contribution >= 0.6 is 0 Å². The van der Waals surface area contributed by atoms with Gasteiger partial charge in [-0.15, -0.1) is 0 Å². The summed E-state index contributed by atoms with van der Waals surface area (Å²) in [5.41, 5.74) is 3.07. The van der Waals surface area contributed by atoms with E-state index in [-0.39, 0.29) is 23.3 Å². The first-order valence-corrected chi connectivity index (χ1v) is 9.74. The van der Waals surface area contributed by atoms with Crippen LogP contribution in [0.25, 0.3) is 29.2 Å². The van der Waals surface area contributed by atoms with Crippen LogP contribution in [0.15, 0.2) is 89.4 Å². The molecule has 5 rings (SSSR count). The molecule has 150 valence electrons. The molecule has 0 spiro atoms. The number of para-hydroxylation sites is 1. The molecule has 0 bridgehead atoms. The standard InChI is InChI=1S/C26H17NO4/c28-24-15-12-17-6-4-5-9-21(17)22(24)16-23-26(29)31-25(27-23)18-10-13-20(14-11-18)30-19-7-2-1-3-8-19/h1-16,29H/b22-16-. The van der Waals surface area contributed by atoms with E-state index in [0.29, 0.717) is 16.9 Å². The number of benzene rings is 3. The molecular weight excluding hydrogens is 390 g/mol. The van der Waals surface area contributed by atoms with Crippen molar-refractivity contribution in [3.8, 4) is 28.9 Å². The number of ketones is 1. The molecule has 0 atom stereocenters. The number of hydrogen-bond donors (Lipinski definition) is 1. The van der Waals surface area contributed by atoms with E-state index < -0.39 is 0 Å². The van der Waals surface area contributed by atoms with Crippen molar-refractivity contribution in [2.45, 2.75) is 0 Å². The molecule has 1 N–H and O–H groups in total. The summed E-state index contributed by atoms with van der Waals surface area (Å²) in [6, 6.07) is 24.2. The van der Waals surface area contributed by atoms with Crippen molar-refractivity contribution in [3.63, 3.8) is 0 Å². The van der Waals surface area contributed by atoms with Crippen molar-refractivity contribution in [1.29, 1.82) is 0 Å². The highest BCUT2D eigenvalue weighted by Crippen LogP contribution is 2.33. The molecule has 0 unspecified atom stereocenters. The number of nitrogens with zero attached hydrogens (tertiary/aromatic N) is 1.